The largest absolute Gasteiger partial charge is 0.481 e. The van der Waals surface area contributed by atoms with E-state index in [0.29, 0.717) is 11.3 Å². The molecular formula is C11H10FN3O2. The summed E-state index contributed by atoms with van der Waals surface area (Å²) in [7, 11) is 0. The molecular weight excluding hydrogens is 225 g/mol. The number of benzene rings is 1. The van der Waals surface area contributed by atoms with Gasteiger partial charge in [-0.15, -0.1) is 0 Å². The number of rotatable bonds is 3. The molecule has 0 saturated carbocycles. The molecule has 2 aromatic rings. The van der Waals surface area contributed by atoms with Gasteiger partial charge in [-0.3, -0.25) is 4.79 Å². The summed E-state index contributed by atoms with van der Waals surface area (Å²) in [5, 5.41) is 12.6. The van der Waals surface area contributed by atoms with Gasteiger partial charge in [-0.25, -0.2) is 9.07 Å². The fourth-order valence-electron chi connectivity index (χ4n) is 1.50. The van der Waals surface area contributed by atoms with E-state index in [9.17, 15) is 9.18 Å². The number of nitrogen functional groups attached to an aromatic ring is 1. The van der Waals surface area contributed by atoms with Crippen LogP contribution in [0.25, 0.3) is 5.69 Å². The monoisotopic (exact) mass is 235 g/mol. The molecule has 0 amide bonds. The number of halogens is 1. The van der Waals surface area contributed by atoms with Crippen LogP contribution >= 0.6 is 0 Å². The maximum Gasteiger partial charge on any atom is 0.308 e. The number of nitrogens with two attached hydrogens (primary N) is 1. The molecule has 0 aliphatic carbocycles. The summed E-state index contributed by atoms with van der Waals surface area (Å²) in [5.41, 5.74) is 6.61. The maximum atomic E-state index is 13.0. The molecule has 88 valence electrons. The highest BCUT2D eigenvalue weighted by atomic mass is 19.1. The molecule has 17 heavy (non-hydrogen) atoms. The van der Waals surface area contributed by atoms with Crippen molar-refractivity contribution in [2.45, 2.75) is 6.42 Å². The Morgan fingerprint density at radius 3 is 2.94 bits per heavy atom. The second kappa shape index (κ2) is 4.25. The van der Waals surface area contributed by atoms with Crippen LogP contribution in [0.1, 0.15) is 5.56 Å². The van der Waals surface area contributed by atoms with Crippen LogP contribution in [-0.4, -0.2) is 20.9 Å². The van der Waals surface area contributed by atoms with Crippen molar-refractivity contribution < 1.29 is 14.3 Å². The van der Waals surface area contributed by atoms with Gasteiger partial charge in [0.15, 0.2) is 0 Å². The van der Waals surface area contributed by atoms with Gasteiger partial charge in [0, 0.05) is 5.56 Å². The maximum absolute atomic E-state index is 13.0. The first-order chi connectivity index (χ1) is 8.08. The summed E-state index contributed by atoms with van der Waals surface area (Å²) in [5.74, 6) is -1.19. The van der Waals surface area contributed by atoms with Crippen molar-refractivity contribution in [1.82, 2.24) is 9.78 Å². The van der Waals surface area contributed by atoms with Crippen LogP contribution in [0.4, 0.5) is 10.2 Å². The number of carbonyl (C=O) groups is 1. The third kappa shape index (κ3) is 2.25. The van der Waals surface area contributed by atoms with Crippen LogP contribution in [0.3, 0.4) is 0 Å². The number of hydrogen-bond acceptors (Lipinski definition) is 3. The molecule has 2 rings (SSSR count). The summed E-state index contributed by atoms with van der Waals surface area (Å²) < 4.78 is 14.3. The van der Waals surface area contributed by atoms with Crippen molar-refractivity contribution in [2.24, 2.45) is 0 Å². The predicted molar refractivity (Wildman–Crippen MR) is 59.3 cm³/mol. The first-order valence-corrected chi connectivity index (χ1v) is 4.88. The van der Waals surface area contributed by atoms with Crippen molar-refractivity contribution in [3.63, 3.8) is 0 Å². The highest BCUT2D eigenvalue weighted by Crippen LogP contribution is 2.18. The Kier molecular flexibility index (Phi) is 2.78. The van der Waals surface area contributed by atoms with E-state index < -0.39 is 11.8 Å². The summed E-state index contributed by atoms with van der Waals surface area (Å²) in [6, 6.07) is 5.74. The van der Waals surface area contributed by atoms with Crippen molar-refractivity contribution in [3.8, 4) is 5.69 Å². The first-order valence-electron chi connectivity index (χ1n) is 4.88. The van der Waals surface area contributed by atoms with Crippen molar-refractivity contribution in [2.75, 3.05) is 5.73 Å². The Morgan fingerprint density at radius 2 is 2.29 bits per heavy atom. The SMILES string of the molecule is Nc1c(CC(=O)O)cnn1-c1cccc(F)c1. The Morgan fingerprint density at radius 1 is 1.53 bits per heavy atom. The fraction of sp³-hybridized carbons (Fsp3) is 0.0909. The van der Waals surface area contributed by atoms with E-state index in [1.54, 1.807) is 6.07 Å². The third-order valence-electron chi connectivity index (χ3n) is 2.28. The lowest BCUT2D eigenvalue weighted by molar-refractivity contribution is -0.136. The molecule has 0 radical (unpaired) electrons. The van der Waals surface area contributed by atoms with Gasteiger partial charge in [0.2, 0.25) is 0 Å². The minimum Gasteiger partial charge on any atom is -0.481 e. The first kappa shape index (κ1) is 11.1. The zero-order chi connectivity index (χ0) is 12.4. The zero-order valence-electron chi connectivity index (χ0n) is 8.80. The molecule has 0 spiro atoms. The Labute approximate surface area is 96.3 Å². The smallest absolute Gasteiger partial charge is 0.308 e. The van der Waals surface area contributed by atoms with Gasteiger partial charge in [0.1, 0.15) is 11.6 Å². The third-order valence-corrected chi connectivity index (χ3v) is 2.28. The van der Waals surface area contributed by atoms with Crippen molar-refractivity contribution in [1.29, 1.82) is 0 Å². The van der Waals surface area contributed by atoms with Gasteiger partial charge in [0.05, 0.1) is 18.3 Å². The van der Waals surface area contributed by atoms with Gasteiger partial charge in [0.25, 0.3) is 0 Å². The molecule has 1 aromatic heterocycles. The van der Waals surface area contributed by atoms with Gasteiger partial charge < -0.3 is 10.8 Å². The summed E-state index contributed by atoms with van der Waals surface area (Å²) in [4.78, 5) is 10.6. The molecule has 0 saturated heterocycles. The number of carboxylic acids is 1. The molecule has 0 fully saturated rings. The van der Waals surface area contributed by atoms with E-state index in [4.69, 9.17) is 10.8 Å². The van der Waals surface area contributed by atoms with Crippen molar-refractivity contribution in [3.05, 3.63) is 41.8 Å². The molecule has 0 unspecified atom stereocenters. The van der Waals surface area contributed by atoms with Gasteiger partial charge in [-0.05, 0) is 18.2 Å². The van der Waals surface area contributed by atoms with Crippen LogP contribution in [-0.2, 0) is 11.2 Å². The van der Waals surface area contributed by atoms with Crippen LogP contribution in [0.15, 0.2) is 30.5 Å². The molecule has 6 heteroatoms. The van der Waals surface area contributed by atoms with E-state index in [0.717, 1.165) is 0 Å². The van der Waals surface area contributed by atoms with E-state index in [1.165, 1.54) is 29.1 Å². The lowest BCUT2D eigenvalue weighted by Crippen LogP contribution is -2.06. The molecule has 1 aromatic carbocycles. The molecule has 3 N–H and O–H groups in total. The van der Waals surface area contributed by atoms with E-state index >= 15 is 0 Å². The van der Waals surface area contributed by atoms with E-state index in [-0.39, 0.29) is 12.2 Å². The average molecular weight is 235 g/mol. The highest BCUT2D eigenvalue weighted by Gasteiger charge is 2.12. The van der Waals surface area contributed by atoms with Crippen LogP contribution in [0, 0.1) is 5.82 Å². The quantitative estimate of drug-likeness (QED) is 0.838. The summed E-state index contributed by atoms with van der Waals surface area (Å²) >= 11 is 0. The lowest BCUT2D eigenvalue weighted by atomic mass is 10.2. The minimum atomic E-state index is -0.990. The Bertz CT molecular complexity index is 566. The molecule has 0 atom stereocenters. The standard InChI is InChI=1S/C11H10FN3O2/c12-8-2-1-3-9(5-8)15-11(13)7(6-14-15)4-10(16)17/h1-3,5-6H,4,13H2,(H,16,17). The number of aliphatic carboxylic acids is 1. The number of anilines is 1. The number of nitrogens with zero attached hydrogens (tertiary/aromatic N) is 2. The Hall–Kier alpha value is -2.37. The number of hydrogen-bond donors (Lipinski definition) is 2. The predicted octanol–water partition coefficient (Wildman–Crippen LogP) is 1.22. The summed E-state index contributed by atoms with van der Waals surface area (Å²) in [6.07, 6.45) is 1.16. The van der Waals surface area contributed by atoms with E-state index in [2.05, 4.69) is 5.10 Å². The van der Waals surface area contributed by atoms with E-state index in [1.807, 2.05) is 0 Å². The molecule has 0 aliphatic rings. The lowest BCUT2D eigenvalue weighted by Gasteiger charge is -2.04. The topological polar surface area (TPSA) is 81.1 Å². The molecule has 5 nitrogen and oxygen atoms in total. The van der Waals surface area contributed by atoms with Gasteiger partial charge in [-0.1, -0.05) is 6.07 Å². The van der Waals surface area contributed by atoms with Crippen LogP contribution < -0.4 is 5.73 Å². The molecule has 0 aliphatic heterocycles. The minimum absolute atomic E-state index is 0.206. The second-order valence-corrected chi connectivity index (χ2v) is 3.52. The zero-order valence-corrected chi connectivity index (χ0v) is 8.80. The fourth-order valence-corrected chi connectivity index (χ4v) is 1.50. The van der Waals surface area contributed by atoms with Crippen LogP contribution in [0.5, 0.6) is 0 Å². The second-order valence-electron chi connectivity index (χ2n) is 3.52. The summed E-state index contributed by atoms with van der Waals surface area (Å²) in [6.45, 7) is 0. The average Bonchev–Trinajstić information content (AvgIpc) is 2.60. The highest BCUT2D eigenvalue weighted by molar-refractivity contribution is 5.72. The number of aromatic nitrogens is 2. The van der Waals surface area contributed by atoms with Gasteiger partial charge in [-0.2, -0.15) is 5.10 Å². The molecule has 1 heterocycles. The molecule has 0 bridgehead atoms. The Balaban J connectivity index is 2.40. The van der Waals surface area contributed by atoms with Gasteiger partial charge >= 0.3 is 5.97 Å². The van der Waals surface area contributed by atoms with Crippen molar-refractivity contribution >= 4 is 11.8 Å². The number of carboxylic acid groups (broad SMARTS) is 1. The normalized spacial score (nSPS) is 10.4. The van der Waals surface area contributed by atoms with Crippen LogP contribution in [0.2, 0.25) is 0 Å².